The molecule has 3 rings (SSSR count). The van der Waals surface area contributed by atoms with E-state index in [4.69, 9.17) is 5.73 Å². The summed E-state index contributed by atoms with van der Waals surface area (Å²) in [7, 11) is 0. The SMILES string of the molecule is N[C@H](Cc1ccc(O)cc1)C(=O)N(CC1CC1)C1CC1. The van der Waals surface area contributed by atoms with Gasteiger partial charge in [-0.25, -0.2) is 0 Å². The van der Waals surface area contributed by atoms with Gasteiger partial charge in [0.25, 0.3) is 0 Å². The number of nitrogens with two attached hydrogens (primary N) is 1. The molecule has 4 nitrogen and oxygen atoms in total. The first-order chi connectivity index (χ1) is 9.63. The summed E-state index contributed by atoms with van der Waals surface area (Å²) in [5.74, 6) is 1.04. The van der Waals surface area contributed by atoms with Gasteiger partial charge in [0.2, 0.25) is 5.91 Å². The Labute approximate surface area is 119 Å². The van der Waals surface area contributed by atoms with E-state index in [1.54, 1.807) is 12.1 Å². The fraction of sp³-hybridized carbons (Fsp3) is 0.562. The van der Waals surface area contributed by atoms with E-state index in [1.807, 2.05) is 17.0 Å². The van der Waals surface area contributed by atoms with Crippen molar-refractivity contribution in [1.29, 1.82) is 0 Å². The van der Waals surface area contributed by atoms with E-state index < -0.39 is 6.04 Å². The number of phenolic OH excluding ortho intramolecular Hbond substituents is 1. The molecule has 0 aromatic heterocycles. The number of amides is 1. The standard InChI is InChI=1S/C16H22N2O2/c17-15(9-11-3-7-14(19)8-4-11)16(20)18(13-5-6-13)10-12-1-2-12/h3-4,7-8,12-13,15,19H,1-2,5-6,9-10,17H2/t15-/m1/s1. The van der Waals surface area contributed by atoms with Gasteiger partial charge < -0.3 is 15.7 Å². The monoisotopic (exact) mass is 274 g/mol. The lowest BCUT2D eigenvalue weighted by Gasteiger charge is -2.25. The van der Waals surface area contributed by atoms with Crippen LogP contribution < -0.4 is 5.73 Å². The summed E-state index contributed by atoms with van der Waals surface area (Å²) in [5, 5.41) is 9.27. The summed E-state index contributed by atoms with van der Waals surface area (Å²) in [4.78, 5) is 14.5. The number of nitrogens with zero attached hydrogens (tertiary/aromatic N) is 1. The van der Waals surface area contributed by atoms with E-state index >= 15 is 0 Å². The van der Waals surface area contributed by atoms with Crippen molar-refractivity contribution >= 4 is 5.91 Å². The van der Waals surface area contributed by atoms with E-state index in [-0.39, 0.29) is 11.7 Å². The number of hydrogen-bond acceptors (Lipinski definition) is 3. The molecule has 3 N–H and O–H groups in total. The van der Waals surface area contributed by atoms with Gasteiger partial charge in [-0.2, -0.15) is 0 Å². The van der Waals surface area contributed by atoms with Gasteiger partial charge in [0, 0.05) is 12.6 Å². The van der Waals surface area contributed by atoms with Gasteiger partial charge in [0.1, 0.15) is 5.75 Å². The number of phenols is 1. The van der Waals surface area contributed by atoms with Crippen molar-refractivity contribution in [1.82, 2.24) is 4.90 Å². The minimum atomic E-state index is -0.473. The second-order valence-corrected chi connectivity index (χ2v) is 6.14. The Balaban J connectivity index is 1.60. The molecule has 2 saturated carbocycles. The Kier molecular flexibility index (Phi) is 3.66. The normalized spacial score (nSPS) is 19.6. The molecule has 1 aromatic rings. The molecule has 2 fully saturated rings. The van der Waals surface area contributed by atoms with Crippen LogP contribution >= 0.6 is 0 Å². The third-order valence-electron chi connectivity index (χ3n) is 4.13. The number of carbonyl (C=O) groups is 1. The first-order valence-corrected chi connectivity index (χ1v) is 7.47. The molecule has 1 amide bonds. The summed E-state index contributed by atoms with van der Waals surface area (Å²) in [6, 6.07) is 6.88. The van der Waals surface area contributed by atoms with Gasteiger partial charge >= 0.3 is 0 Å². The Bertz CT molecular complexity index is 478. The first-order valence-electron chi connectivity index (χ1n) is 7.47. The maximum atomic E-state index is 12.5. The van der Waals surface area contributed by atoms with Crippen LogP contribution in [-0.2, 0) is 11.2 Å². The topological polar surface area (TPSA) is 66.6 Å². The predicted molar refractivity (Wildman–Crippen MR) is 77.2 cm³/mol. The predicted octanol–water partition coefficient (Wildman–Crippen LogP) is 1.66. The number of rotatable bonds is 6. The molecule has 0 saturated heterocycles. The third kappa shape index (κ3) is 3.31. The average Bonchev–Trinajstić information content (AvgIpc) is 3.30. The summed E-state index contributed by atoms with van der Waals surface area (Å²) in [5.41, 5.74) is 7.09. The molecule has 0 spiro atoms. The highest BCUT2D eigenvalue weighted by Gasteiger charge is 2.38. The maximum absolute atomic E-state index is 12.5. The molecular weight excluding hydrogens is 252 g/mol. The smallest absolute Gasteiger partial charge is 0.240 e. The fourth-order valence-corrected chi connectivity index (χ4v) is 2.57. The molecule has 2 aliphatic rings. The number of aromatic hydroxyl groups is 1. The molecule has 0 aliphatic heterocycles. The molecule has 1 aromatic carbocycles. The van der Waals surface area contributed by atoms with Crippen LogP contribution in [0.1, 0.15) is 31.2 Å². The van der Waals surface area contributed by atoms with Crippen LogP contribution in [0.2, 0.25) is 0 Å². The molecular formula is C16H22N2O2. The van der Waals surface area contributed by atoms with E-state index in [0.717, 1.165) is 24.9 Å². The van der Waals surface area contributed by atoms with E-state index in [1.165, 1.54) is 12.8 Å². The number of carbonyl (C=O) groups excluding carboxylic acids is 1. The molecule has 0 heterocycles. The number of benzene rings is 1. The fourth-order valence-electron chi connectivity index (χ4n) is 2.57. The highest BCUT2D eigenvalue weighted by atomic mass is 16.3. The van der Waals surface area contributed by atoms with Crippen molar-refractivity contribution in [3.63, 3.8) is 0 Å². The molecule has 4 heteroatoms. The second-order valence-electron chi connectivity index (χ2n) is 6.14. The van der Waals surface area contributed by atoms with Gasteiger partial charge in [-0.15, -0.1) is 0 Å². The van der Waals surface area contributed by atoms with Gasteiger partial charge in [0.15, 0.2) is 0 Å². The molecule has 0 unspecified atom stereocenters. The average molecular weight is 274 g/mol. The van der Waals surface area contributed by atoms with E-state index in [9.17, 15) is 9.90 Å². The molecule has 20 heavy (non-hydrogen) atoms. The van der Waals surface area contributed by atoms with Crippen LogP contribution in [-0.4, -0.2) is 34.5 Å². The van der Waals surface area contributed by atoms with Crippen molar-refractivity contribution in [3.05, 3.63) is 29.8 Å². The molecule has 1 atom stereocenters. The van der Waals surface area contributed by atoms with E-state index in [2.05, 4.69) is 0 Å². The van der Waals surface area contributed by atoms with E-state index in [0.29, 0.717) is 18.4 Å². The number of hydrogen-bond donors (Lipinski definition) is 2. The minimum Gasteiger partial charge on any atom is -0.508 e. The maximum Gasteiger partial charge on any atom is 0.240 e. The summed E-state index contributed by atoms with van der Waals surface area (Å²) in [6.45, 7) is 0.896. The molecule has 0 radical (unpaired) electrons. The molecule has 0 bridgehead atoms. The van der Waals surface area contributed by atoms with Crippen LogP contribution in [0.15, 0.2) is 24.3 Å². The van der Waals surface area contributed by atoms with Crippen molar-refractivity contribution < 1.29 is 9.90 Å². The largest absolute Gasteiger partial charge is 0.508 e. The van der Waals surface area contributed by atoms with Gasteiger partial charge in [-0.1, -0.05) is 12.1 Å². The van der Waals surface area contributed by atoms with Crippen molar-refractivity contribution in [2.45, 2.75) is 44.2 Å². The minimum absolute atomic E-state index is 0.0903. The van der Waals surface area contributed by atoms with Gasteiger partial charge in [-0.05, 0) is 55.7 Å². The zero-order valence-corrected chi connectivity index (χ0v) is 11.7. The molecule has 2 aliphatic carbocycles. The van der Waals surface area contributed by atoms with Crippen molar-refractivity contribution in [3.8, 4) is 5.75 Å². The lowest BCUT2D eigenvalue weighted by atomic mass is 10.1. The first kappa shape index (κ1) is 13.4. The quantitative estimate of drug-likeness (QED) is 0.829. The zero-order chi connectivity index (χ0) is 14.1. The van der Waals surface area contributed by atoms with Crippen LogP contribution in [0.25, 0.3) is 0 Å². The Morgan fingerprint density at radius 1 is 1.25 bits per heavy atom. The molecule has 108 valence electrons. The highest BCUT2D eigenvalue weighted by molar-refractivity contribution is 5.82. The summed E-state index contributed by atoms with van der Waals surface area (Å²) in [6.07, 6.45) is 5.30. The highest BCUT2D eigenvalue weighted by Crippen LogP contribution is 2.35. The van der Waals surface area contributed by atoms with Crippen LogP contribution in [0.3, 0.4) is 0 Å². The second kappa shape index (κ2) is 5.44. The van der Waals surface area contributed by atoms with Crippen LogP contribution in [0.5, 0.6) is 5.75 Å². The lowest BCUT2D eigenvalue weighted by molar-refractivity contribution is -0.133. The lowest BCUT2D eigenvalue weighted by Crippen LogP contribution is -2.46. The van der Waals surface area contributed by atoms with Crippen LogP contribution in [0, 0.1) is 5.92 Å². The Morgan fingerprint density at radius 3 is 2.45 bits per heavy atom. The van der Waals surface area contributed by atoms with Gasteiger partial charge in [-0.3, -0.25) is 4.79 Å². The van der Waals surface area contributed by atoms with Crippen molar-refractivity contribution in [2.24, 2.45) is 11.7 Å². The summed E-state index contributed by atoms with van der Waals surface area (Å²) >= 11 is 0. The Hall–Kier alpha value is -1.55. The Morgan fingerprint density at radius 2 is 1.90 bits per heavy atom. The van der Waals surface area contributed by atoms with Gasteiger partial charge in [0.05, 0.1) is 6.04 Å². The zero-order valence-electron chi connectivity index (χ0n) is 11.7. The summed E-state index contributed by atoms with van der Waals surface area (Å²) < 4.78 is 0. The third-order valence-corrected chi connectivity index (χ3v) is 4.13. The van der Waals surface area contributed by atoms with Crippen LogP contribution in [0.4, 0.5) is 0 Å². The van der Waals surface area contributed by atoms with Crippen molar-refractivity contribution in [2.75, 3.05) is 6.54 Å².